The summed E-state index contributed by atoms with van der Waals surface area (Å²) >= 11 is 0. The number of aliphatic hydroxyl groups excluding tert-OH is 1. The molecule has 0 unspecified atom stereocenters. The molecule has 51 heavy (non-hydrogen) atoms. The molecule has 4 heterocycles. The van der Waals surface area contributed by atoms with Crippen molar-refractivity contribution in [2.24, 2.45) is 0 Å². The first-order valence-electron chi connectivity index (χ1n) is 18.1. The molecule has 0 bridgehead atoms. The van der Waals surface area contributed by atoms with Gasteiger partial charge in [0.15, 0.2) is 5.75 Å². The first-order valence-corrected chi connectivity index (χ1v) is 18.1. The lowest BCUT2D eigenvalue weighted by molar-refractivity contribution is -0.385. The summed E-state index contributed by atoms with van der Waals surface area (Å²) < 4.78 is 10.6. The predicted octanol–water partition coefficient (Wildman–Crippen LogP) is 4.17. The lowest BCUT2D eigenvalue weighted by atomic mass is 10.0. The van der Waals surface area contributed by atoms with Crippen molar-refractivity contribution in [2.45, 2.75) is 59.0 Å². The molecule has 4 saturated heterocycles. The highest BCUT2D eigenvalue weighted by molar-refractivity contribution is 5.67. The van der Waals surface area contributed by atoms with Crippen molar-refractivity contribution in [3.05, 3.63) is 45.5 Å². The van der Waals surface area contributed by atoms with Crippen molar-refractivity contribution in [3.63, 3.8) is 0 Å². The van der Waals surface area contributed by atoms with Crippen LogP contribution in [0.5, 0.6) is 11.5 Å². The Morgan fingerprint density at radius 1 is 0.667 bits per heavy atom. The number of piperidine rings is 2. The molecule has 0 aliphatic carbocycles. The van der Waals surface area contributed by atoms with Crippen LogP contribution >= 0.6 is 0 Å². The van der Waals surface area contributed by atoms with E-state index in [1.807, 2.05) is 19.1 Å². The Kier molecular flexibility index (Phi) is 16.5. The Morgan fingerprint density at radius 2 is 1.04 bits per heavy atom. The van der Waals surface area contributed by atoms with Gasteiger partial charge in [0.1, 0.15) is 5.75 Å². The first-order chi connectivity index (χ1) is 24.1. The van der Waals surface area contributed by atoms with Gasteiger partial charge >= 0.3 is 5.69 Å². The fourth-order valence-electron chi connectivity index (χ4n) is 7.84. The summed E-state index contributed by atoms with van der Waals surface area (Å²) in [5.74, 6) is 1.12. The third-order valence-electron chi connectivity index (χ3n) is 11.0. The van der Waals surface area contributed by atoms with E-state index in [9.17, 15) is 10.1 Å². The van der Waals surface area contributed by atoms with E-state index in [4.69, 9.17) is 20.3 Å². The van der Waals surface area contributed by atoms with Crippen molar-refractivity contribution in [1.29, 1.82) is 0 Å². The number of nitro benzene ring substituents is 1. The van der Waals surface area contributed by atoms with E-state index in [-0.39, 0.29) is 18.0 Å². The number of aryl methyl sites for hydroxylation is 2. The van der Waals surface area contributed by atoms with Crippen LogP contribution in [-0.2, 0) is 0 Å². The van der Waals surface area contributed by atoms with E-state index in [1.54, 1.807) is 13.2 Å². The molecule has 0 radical (unpaired) electrons. The number of aliphatic hydroxyl groups is 1. The Morgan fingerprint density at radius 3 is 1.41 bits per heavy atom. The molecular formula is C38H66N8O5. The van der Waals surface area contributed by atoms with Gasteiger partial charge < -0.3 is 39.9 Å². The second-order valence-corrected chi connectivity index (χ2v) is 14.1. The zero-order valence-corrected chi connectivity index (χ0v) is 31.6. The number of anilines is 3. The average molecular weight is 715 g/mol. The lowest BCUT2D eigenvalue weighted by Crippen LogP contribution is -2.52. The monoisotopic (exact) mass is 715 g/mol. The highest BCUT2D eigenvalue weighted by Crippen LogP contribution is 2.36. The number of ether oxygens (including phenoxy) is 2. The number of nitrogens with zero attached hydrogens (tertiary/aromatic N) is 7. The number of nitrogens with two attached hydrogens (primary N) is 1. The van der Waals surface area contributed by atoms with E-state index in [1.165, 1.54) is 57.4 Å². The van der Waals surface area contributed by atoms with Crippen molar-refractivity contribution < 1.29 is 19.5 Å². The fourth-order valence-corrected chi connectivity index (χ4v) is 7.84. The summed E-state index contributed by atoms with van der Waals surface area (Å²) in [6.07, 6.45) is 4.77. The molecule has 0 amide bonds. The summed E-state index contributed by atoms with van der Waals surface area (Å²) in [7, 11) is 8.58. The van der Waals surface area contributed by atoms with Crippen LogP contribution in [0.4, 0.5) is 22.7 Å². The van der Waals surface area contributed by atoms with E-state index in [0.717, 1.165) is 101 Å². The molecule has 2 aromatic carbocycles. The summed E-state index contributed by atoms with van der Waals surface area (Å²) in [4.78, 5) is 25.7. The molecule has 4 aliphatic heterocycles. The summed E-state index contributed by atoms with van der Waals surface area (Å²) in [5.41, 5.74) is 11.3. The molecule has 4 fully saturated rings. The van der Waals surface area contributed by atoms with Crippen LogP contribution < -0.4 is 25.0 Å². The van der Waals surface area contributed by atoms with Gasteiger partial charge in [-0.15, -0.1) is 0 Å². The minimum absolute atomic E-state index is 0. The maximum atomic E-state index is 11.2. The van der Waals surface area contributed by atoms with Crippen LogP contribution in [-0.4, -0.2) is 156 Å². The zero-order valence-electron chi connectivity index (χ0n) is 31.6. The number of nitrogen functional groups attached to an aromatic ring is 1. The van der Waals surface area contributed by atoms with Crippen molar-refractivity contribution in [2.75, 3.05) is 129 Å². The Balaban J connectivity index is 0.000000259. The highest BCUT2D eigenvalue weighted by atomic mass is 16.6. The van der Waals surface area contributed by atoms with Gasteiger partial charge in [0.25, 0.3) is 0 Å². The molecule has 13 heteroatoms. The van der Waals surface area contributed by atoms with Crippen molar-refractivity contribution in [3.8, 4) is 11.5 Å². The van der Waals surface area contributed by atoms with Gasteiger partial charge in [0, 0.05) is 127 Å². The molecule has 2 aromatic rings. The third kappa shape index (κ3) is 10.8. The Labute approximate surface area is 307 Å². The van der Waals surface area contributed by atoms with Crippen LogP contribution in [0, 0.1) is 24.0 Å². The lowest BCUT2D eigenvalue weighted by Gasteiger charge is -2.43. The first kappa shape index (κ1) is 42.1. The molecule has 3 N–H and O–H groups in total. The van der Waals surface area contributed by atoms with Gasteiger partial charge in [0.2, 0.25) is 0 Å². The fraction of sp³-hybridized carbons (Fsp3) is 0.684. The second-order valence-electron chi connectivity index (χ2n) is 14.1. The SMILES string of the molecule is C.CO.COc1cc(N2CCC(N3CCN(C)CC3)CC2)c(C)cc1N.COc1cc(N2CCC(N3CCN(C)CC3)CC2)c(C)cc1[N+](=O)[O-]. The van der Waals surface area contributed by atoms with Gasteiger partial charge in [-0.1, -0.05) is 7.43 Å². The number of benzene rings is 2. The van der Waals surface area contributed by atoms with Crippen LogP contribution in [0.2, 0.25) is 0 Å². The zero-order chi connectivity index (χ0) is 36.4. The number of methoxy groups -OCH3 is 2. The molecule has 0 saturated carbocycles. The van der Waals surface area contributed by atoms with Gasteiger partial charge in [-0.25, -0.2) is 0 Å². The molecular weight excluding hydrogens is 648 g/mol. The van der Waals surface area contributed by atoms with Gasteiger partial charge in [-0.2, -0.15) is 0 Å². The quantitative estimate of drug-likeness (QED) is 0.243. The van der Waals surface area contributed by atoms with Crippen LogP contribution in [0.15, 0.2) is 24.3 Å². The second kappa shape index (κ2) is 20.0. The summed E-state index contributed by atoms with van der Waals surface area (Å²) in [5, 5.41) is 18.2. The number of nitro groups is 1. The average Bonchev–Trinajstić information content (AvgIpc) is 3.13. The predicted molar refractivity (Wildman–Crippen MR) is 210 cm³/mol. The Bertz CT molecular complexity index is 1360. The summed E-state index contributed by atoms with van der Waals surface area (Å²) in [6.45, 7) is 17.7. The molecule has 4 aliphatic rings. The number of hydrogen-bond donors (Lipinski definition) is 2. The molecule has 0 atom stereocenters. The van der Waals surface area contributed by atoms with Gasteiger partial charge in [0.05, 0.1) is 24.8 Å². The molecule has 6 rings (SSSR count). The number of likely N-dealkylation sites (N-methyl/N-ethyl adjacent to an activating group) is 2. The van der Waals surface area contributed by atoms with Crippen LogP contribution in [0.25, 0.3) is 0 Å². The highest BCUT2D eigenvalue weighted by Gasteiger charge is 2.29. The summed E-state index contributed by atoms with van der Waals surface area (Å²) in [6, 6.07) is 8.98. The van der Waals surface area contributed by atoms with Crippen LogP contribution in [0.3, 0.4) is 0 Å². The molecule has 0 aromatic heterocycles. The van der Waals surface area contributed by atoms with Crippen molar-refractivity contribution >= 4 is 22.7 Å². The third-order valence-corrected chi connectivity index (χ3v) is 11.0. The Hall–Kier alpha value is -3.36. The van der Waals surface area contributed by atoms with E-state index >= 15 is 0 Å². The molecule has 288 valence electrons. The minimum Gasteiger partial charge on any atom is -0.495 e. The number of piperazine rings is 2. The van der Waals surface area contributed by atoms with Crippen molar-refractivity contribution in [1.82, 2.24) is 19.6 Å². The van der Waals surface area contributed by atoms with E-state index < -0.39 is 0 Å². The molecule has 13 nitrogen and oxygen atoms in total. The smallest absolute Gasteiger partial charge is 0.311 e. The molecule has 0 spiro atoms. The van der Waals surface area contributed by atoms with E-state index in [2.05, 4.69) is 56.5 Å². The topological polar surface area (TPSA) is 127 Å². The van der Waals surface area contributed by atoms with Gasteiger partial charge in [-0.05, 0) is 70.8 Å². The van der Waals surface area contributed by atoms with E-state index in [0.29, 0.717) is 11.8 Å². The minimum atomic E-state index is -0.380. The van der Waals surface area contributed by atoms with Crippen LogP contribution in [0.1, 0.15) is 44.2 Å². The van der Waals surface area contributed by atoms with Gasteiger partial charge in [-0.3, -0.25) is 19.9 Å². The standard InChI is InChI=1S/C18H28N4O3.C18H30N4O.CH4O.CH4/c1-14-12-17(22(23)24)18(25-3)13-16(14)21-6-4-15(5-7-21)20-10-8-19(2)9-11-20;1-14-12-16(19)18(23-3)13-17(14)22-6-4-15(5-7-22)21-10-8-20(2)9-11-21;1-2;/h12-13,15H,4-11H2,1-3H3;12-13,15H,4-11,19H2,1-3H3;2H,1H3;1H4. The normalized spacial score (nSPS) is 20.0. The number of rotatable bonds is 7. The number of hydrogen-bond acceptors (Lipinski definition) is 12. The maximum Gasteiger partial charge on any atom is 0.311 e. The maximum absolute atomic E-state index is 11.2. The largest absolute Gasteiger partial charge is 0.495 e.